The van der Waals surface area contributed by atoms with E-state index in [9.17, 15) is 0 Å². The molecule has 3 aromatic carbocycles. The van der Waals surface area contributed by atoms with E-state index in [-0.39, 0.29) is 0 Å². The van der Waals surface area contributed by atoms with Crippen molar-refractivity contribution in [3.63, 3.8) is 0 Å². The first-order chi connectivity index (χ1) is 18.3. The molecule has 0 bridgehead atoms. The number of rotatable bonds is 10. The van der Waals surface area contributed by atoms with Gasteiger partial charge in [0.1, 0.15) is 11.5 Å². The zero-order valence-corrected chi connectivity index (χ0v) is 23.5. The Morgan fingerprint density at radius 3 is 1.39 bits per heavy atom. The molecule has 1 heterocycles. The predicted octanol–water partition coefficient (Wildman–Crippen LogP) is 8.08. The lowest BCUT2D eigenvalue weighted by atomic mass is 9.58. The minimum atomic E-state index is -0.407. The van der Waals surface area contributed by atoms with Gasteiger partial charge in [0.2, 0.25) is 0 Å². The molecule has 0 aliphatic heterocycles. The van der Waals surface area contributed by atoms with E-state index in [2.05, 4.69) is 70.2 Å². The Morgan fingerprint density at radius 2 is 1.03 bits per heavy atom. The summed E-state index contributed by atoms with van der Waals surface area (Å²) in [4.78, 5) is 10.1. The molecule has 0 aliphatic rings. The summed E-state index contributed by atoms with van der Waals surface area (Å²) in [6, 6.07) is 22.8. The molecular weight excluding hydrogens is 467 g/mol. The van der Waals surface area contributed by atoms with E-state index < -0.39 is 5.31 Å². The van der Waals surface area contributed by atoms with Gasteiger partial charge < -0.3 is 9.47 Å². The monoisotopic (exact) mass is 504 g/mol. The minimum absolute atomic E-state index is 0.407. The van der Waals surface area contributed by atoms with Crippen LogP contribution >= 0.6 is 0 Å². The molecule has 0 saturated heterocycles. The number of benzene rings is 3. The normalized spacial score (nSPS) is 11.4. The van der Waals surface area contributed by atoms with Crippen molar-refractivity contribution in [3.05, 3.63) is 83.7 Å². The van der Waals surface area contributed by atoms with Gasteiger partial charge in [-0.3, -0.25) is 0 Å². The van der Waals surface area contributed by atoms with E-state index in [0.29, 0.717) is 5.82 Å². The Hall–Kier alpha value is -3.60. The second kappa shape index (κ2) is 11.9. The largest absolute Gasteiger partial charge is 0.497 e. The third-order valence-corrected chi connectivity index (χ3v) is 7.20. The van der Waals surface area contributed by atoms with E-state index in [1.165, 1.54) is 0 Å². The van der Waals surface area contributed by atoms with Gasteiger partial charge in [0.05, 0.1) is 22.1 Å². The highest BCUT2D eigenvalue weighted by atomic mass is 16.5. The fraction of sp³-hybridized carbons (Fsp3) is 0.333. The van der Waals surface area contributed by atoms with Gasteiger partial charge in [-0.2, -0.15) is 0 Å². The average molecular weight is 504 g/mol. The Balaban J connectivity index is 1.87. The number of hydrogen-bond donors (Lipinski definition) is 0. The summed E-state index contributed by atoms with van der Waals surface area (Å²) < 4.78 is 10.7. The third kappa shape index (κ3) is 5.77. The first-order valence-corrected chi connectivity index (χ1v) is 13.4. The smallest absolute Gasteiger partial charge is 0.159 e. The quantitative estimate of drug-likeness (QED) is 0.205. The van der Waals surface area contributed by atoms with Gasteiger partial charge in [-0.1, -0.05) is 63.8 Å². The van der Waals surface area contributed by atoms with E-state index in [1.807, 2.05) is 24.3 Å². The van der Waals surface area contributed by atoms with Crippen LogP contribution in [0.3, 0.4) is 0 Å². The van der Waals surface area contributed by atoms with Crippen molar-refractivity contribution >= 4 is 7.85 Å². The molecule has 0 atom stereocenters. The van der Waals surface area contributed by atoms with E-state index in [4.69, 9.17) is 27.3 Å². The second-order valence-electron chi connectivity index (χ2n) is 10.0. The van der Waals surface area contributed by atoms with Crippen LogP contribution in [0.4, 0.5) is 0 Å². The van der Waals surface area contributed by atoms with Crippen molar-refractivity contribution in [1.82, 2.24) is 9.97 Å². The molecule has 1 aromatic heterocycles. The van der Waals surface area contributed by atoms with Crippen molar-refractivity contribution in [2.45, 2.75) is 58.7 Å². The molecule has 2 radical (unpaired) electrons. The van der Waals surface area contributed by atoms with E-state index in [1.54, 1.807) is 14.2 Å². The topological polar surface area (TPSA) is 44.2 Å². The maximum atomic E-state index is 6.98. The molecule has 0 spiro atoms. The zero-order chi connectivity index (χ0) is 27.3. The summed E-state index contributed by atoms with van der Waals surface area (Å²) in [5.41, 5.74) is 8.34. The van der Waals surface area contributed by atoms with E-state index >= 15 is 0 Å². The van der Waals surface area contributed by atoms with Gasteiger partial charge in [0.15, 0.2) is 5.82 Å². The maximum Gasteiger partial charge on any atom is 0.159 e. The molecule has 5 heteroatoms. The highest BCUT2D eigenvalue weighted by Crippen LogP contribution is 2.37. The van der Waals surface area contributed by atoms with Crippen LogP contribution in [-0.2, 0) is 5.31 Å². The van der Waals surface area contributed by atoms with Crippen LogP contribution in [0.5, 0.6) is 11.5 Å². The Kier molecular flexibility index (Phi) is 8.56. The lowest BCUT2D eigenvalue weighted by Gasteiger charge is -2.32. The van der Waals surface area contributed by atoms with Crippen LogP contribution < -0.4 is 9.47 Å². The minimum Gasteiger partial charge on any atom is -0.497 e. The molecule has 38 heavy (non-hydrogen) atoms. The van der Waals surface area contributed by atoms with Crippen molar-refractivity contribution in [2.24, 2.45) is 0 Å². The standard InChI is InChI=1S/C33H37BN2O2/c1-7-17-33(34,18-8-2)31-22(3)35-32(36-23(31)4)28-20-26(24-9-13-29(37-5)14-10-24)19-27(21-28)25-11-15-30(38-6)16-12-25/h9-16,19-21H,7-8,17-18H2,1-6H3. The highest BCUT2D eigenvalue weighted by molar-refractivity contribution is 6.16. The molecule has 0 N–H and O–H groups in total. The van der Waals surface area contributed by atoms with Gasteiger partial charge in [0.25, 0.3) is 0 Å². The molecular formula is C33H37BN2O2. The Morgan fingerprint density at radius 1 is 0.632 bits per heavy atom. The van der Waals surface area contributed by atoms with Crippen LogP contribution in [0.25, 0.3) is 33.6 Å². The first kappa shape index (κ1) is 27.4. The number of hydrogen-bond acceptors (Lipinski definition) is 4. The fourth-order valence-electron chi connectivity index (χ4n) is 5.49. The first-order valence-electron chi connectivity index (χ1n) is 13.4. The second-order valence-corrected chi connectivity index (χ2v) is 10.0. The van der Waals surface area contributed by atoms with Crippen LogP contribution in [0.15, 0.2) is 66.7 Å². The van der Waals surface area contributed by atoms with Crippen LogP contribution in [0, 0.1) is 13.8 Å². The van der Waals surface area contributed by atoms with Gasteiger partial charge in [-0.15, -0.1) is 0 Å². The summed E-state index contributed by atoms with van der Waals surface area (Å²) in [7, 11) is 10.3. The van der Waals surface area contributed by atoms with Crippen LogP contribution in [0.1, 0.15) is 56.5 Å². The van der Waals surface area contributed by atoms with E-state index in [0.717, 1.165) is 82.0 Å². The predicted molar refractivity (Wildman–Crippen MR) is 158 cm³/mol. The number of nitrogens with zero attached hydrogens (tertiary/aromatic N) is 2. The highest BCUT2D eigenvalue weighted by Gasteiger charge is 2.29. The number of methoxy groups -OCH3 is 2. The van der Waals surface area contributed by atoms with Crippen molar-refractivity contribution in [3.8, 4) is 45.1 Å². The summed E-state index contributed by atoms with van der Waals surface area (Å²) in [5.74, 6) is 2.37. The SMILES string of the molecule is [B]C(CCC)(CCC)c1c(C)nc(-c2cc(-c3ccc(OC)cc3)cc(-c3ccc(OC)cc3)c2)nc1C. The van der Waals surface area contributed by atoms with Gasteiger partial charge >= 0.3 is 0 Å². The summed E-state index contributed by atoms with van der Waals surface area (Å²) in [6.45, 7) is 8.50. The van der Waals surface area contributed by atoms with Gasteiger partial charge in [0, 0.05) is 17.0 Å². The van der Waals surface area contributed by atoms with Crippen molar-refractivity contribution in [2.75, 3.05) is 14.2 Å². The summed E-state index contributed by atoms with van der Waals surface area (Å²) >= 11 is 0. The lowest BCUT2D eigenvalue weighted by Crippen LogP contribution is -2.29. The molecule has 0 unspecified atom stereocenters. The van der Waals surface area contributed by atoms with Crippen LogP contribution in [0.2, 0.25) is 0 Å². The van der Waals surface area contributed by atoms with Crippen molar-refractivity contribution < 1.29 is 9.47 Å². The molecule has 4 nitrogen and oxygen atoms in total. The van der Waals surface area contributed by atoms with Gasteiger partial charge in [-0.05, 0) is 89.4 Å². The number of aryl methyl sites for hydroxylation is 2. The number of aromatic nitrogens is 2. The fourth-order valence-corrected chi connectivity index (χ4v) is 5.49. The Labute approximate surface area is 228 Å². The number of ether oxygens (including phenoxy) is 2. The third-order valence-electron chi connectivity index (χ3n) is 7.20. The van der Waals surface area contributed by atoms with Crippen LogP contribution in [-0.4, -0.2) is 32.0 Å². The summed E-state index contributed by atoms with van der Waals surface area (Å²) in [6.07, 6.45) is 3.87. The van der Waals surface area contributed by atoms with Crippen molar-refractivity contribution in [1.29, 1.82) is 0 Å². The molecule has 0 amide bonds. The molecule has 4 aromatic rings. The molecule has 0 saturated carbocycles. The molecule has 194 valence electrons. The molecule has 4 rings (SSSR count). The molecule has 0 aliphatic carbocycles. The zero-order valence-electron chi connectivity index (χ0n) is 23.5. The average Bonchev–Trinajstić information content (AvgIpc) is 2.92. The maximum absolute atomic E-state index is 6.98. The Bertz CT molecular complexity index is 1290. The summed E-state index contributed by atoms with van der Waals surface area (Å²) in [5, 5.41) is -0.407. The molecule has 0 fully saturated rings. The van der Waals surface area contributed by atoms with Gasteiger partial charge in [-0.25, -0.2) is 9.97 Å². The lowest BCUT2D eigenvalue weighted by molar-refractivity contribution is 0.415.